The first-order valence-corrected chi connectivity index (χ1v) is 11.5. The summed E-state index contributed by atoms with van der Waals surface area (Å²) in [5.41, 5.74) is 2.88. The third kappa shape index (κ3) is 3.02. The number of rotatable bonds is 4. The summed E-state index contributed by atoms with van der Waals surface area (Å²) >= 11 is 0. The first kappa shape index (κ1) is 20.4. The number of nitrogens with zero attached hydrogens (tertiary/aromatic N) is 2. The third-order valence-electron chi connectivity index (χ3n) is 7.71. The van der Waals surface area contributed by atoms with Crippen LogP contribution in [-0.4, -0.2) is 53.7 Å². The Labute approximate surface area is 192 Å². The highest BCUT2D eigenvalue weighted by Gasteiger charge is 2.65. The Morgan fingerprint density at radius 3 is 2.94 bits per heavy atom. The molecule has 1 aromatic heterocycles. The highest BCUT2D eigenvalue weighted by Crippen LogP contribution is 2.62. The van der Waals surface area contributed by atoms with E-state index in [2.05, 4.69) is 29.1 Å². The average Bonchev–Trinajstić information content (AvgIpc) is 3.14. The fourth-order valence-electron chi connectivity index (χ4n) is 6.41. The molecule has 2 aromatic rings. The summed E-state index contributed by atoms with van der Waals surface area (Å²) in [7, 11) is 2.18. The van der Waals surface area contributed by atoms with Crippen LogP contribution in [0.3, 0.4) is 0 Å². The molecule has 1 spiro atoms. The van der Waals surface area contributed by atoms with Gasteiger partial charge in [-0.15, -0.1) is 0 Å². The van der Waals surface area contributed by atoms with Crippen molar-refractivity contribution in [3.63, 3.8) is 0 Å². The van der Waals surface area contributed by atoms with Crippen LogP contribution in [-0.2, 0) is 32.6 Å². The van der Waals surface area contributed by atoms with E-state index >= 15 is 0 Å². The second-order valence-corrected chi connectivity index (χ2v) is 9.50. The Bertz CT molecular complexity index is 1160. The molecule has 6 rings (SSSR count). The van der Waals surface area contributed by atoms with Gasteiger partial charge in [0.1, 0.15) is 6.10 Å². The van der Waals surface area contributed by atoms with Crippen molar-refractivity contribution in [1.29, 1.82) is 0 Å². The number of hydrogen-bond acceptors (Lipinski definition) is 7. The zero-order chi connectivity index (χ0) is 22.7. The van der Waals surface area contributed by atoms with Crippen molar-refractivity contribution < 1.29 is 23.8 Å². The maximum Gasteiger partial charge on any atom is 0.311 e. The number of likely N-dealkylation sites (tertiary alicyclic amines) is 1. The summed E-state index contributed by atoms with van der Waals surface area (Å²) in [6.45, 7) is 2.33. The van der Waals surface area contributed by atoms with Gasteiger partial charge in [0.15, 0.2) is 17.6 Å². The fourth-order valence-corrected chi connectivity index (χ4v) is 6.41. The van der Waals surface area contributed by atoms with Crippen LogP contribution in [0.1, 0.15) is 30.0 Å². The molecule has 0 radical (unpaired) electrons. The van der Waals surface area contributed by atoms with Crippen molar-refractivity contribution in [3.8, 4) is 11.5 Å². The molecular formula is C26H26N2O5. The van der Waals surface area contributed by atoms with Crippen LogP contribution >= 0.6 is 0 Å². The fraction of sp³-hybridized carbons (Fsp3) is 0.423. The summed E-state index contributed by atoms with van der Waals surface area (Å²) in [6, 6.07) is 7.92. The first-order valence-electron chi connectivity index (χ1n) is 11.5. The molecule has 1 fully saturated rings. The number of aromatic nitrogens is 1. The van der Waals surface area contributed by atoms with Crippen molar-refractivity contribution in [2.45, 2.75) is 49.9 Å². The number of benzene rings is 1. The number of carbonyl (C=O) groups is 2. The van der Waals surface area contributed by atoms with Gasteiger partial charge in [-0.2, -0.15) is 0 Å². The topological polar surface area (TPSA) is 78.0 Å². The van der Waals surface area contributed by atoms with E-state index < -0.39 is 6.10 Å². The third-order valence-corrected chi connectivity index (χ3v) is 7.71. The second-order valence-electron chi connectivity index (χ2n) is 9.50. The van der Waals surface area contributed by atoms with Gasteiger partial charge in [0.2, 0.25) is 0 Å². The van der Waals surface area contributed by atoms with E-state index in [0.29, 0.717) is 17.5 Å². The standard InChI is InChI=1S/C26H26N2O5/c1-15(29)31-20-7-5-17-13-19-18-6-8-21(32-22(30)12-16-4-3-10-27-14-16)25-26(18,9-11-28(19)2)23(17)24(20)33-25/h3-8,10,14,18-19,21,25H,9,11-13H2,1-2H3/t18-,19+,21-,25-,26-/m0/s1. The molecule has 170 valence electrons. The van der Waals surface area contributed by atoms with Crippen LogP contribution in [0.25, 0.3) is 0 Å². The lowest BCUT2D eigenvalue weighted by molar-refractivity contribution is -0.154. The summed E-state index contributed by atoms with van der Waals surface area (Å²) in [5, 5.41) is 0. The minimum atomic E-state index is -0.516. The Hall–Kier alpha value is -3.19. The summed E-state index contributed by atoms with van der Waals surface area (Å²) in [4.78, 5) is 31.1. The average molecular weight is 447 g/mol. The Balaban J connectivity index is 1.39. The number of carbonyl (C=O) groups excluding carboxylic acids is 2. The van der Waals surface area contributed by atoms with Crippen molar-refractivity contribution >= 4 is 11.9 Å². The van der Waals surface area contributed by atoms with E-state index in [4.69, 9.17) is 14.2 Å². The van der Waals surface area contributed by atoms with Crippen LogP contribution in [0.2, 0.25) is 0 Å². The van der Waals surface area contributed by atoms with Gasteiger partial charge in [-0.05, 0) is 55.8 Å². The van der Waals surface area contributed by atoms with E-state index in [0.717, 1.165) is 30.5 Å². The van der Waals surface area contributed by atoms with Crippen molar-refractivity contribution in [3.05, 3.63) is 65.5 Å². The molecule has 2 bridgehead atoms. The molecule has 3 heterocycles. The molecule has 1 saturated heterocycles. The van der Waals surface area contributed by atoms with Crippen LogP contribution < -0.4 is 9.47 Å². The number of piperidine rings is 1. The SMILES string of the molecule is CC(=O)Oc1ccc2c3c1O[C@H]1[C@@H](OC(=O)Cc4cccnc4)C=C[C@H]4[C@@H](C2)N(C)CC[C@@]341. The monoisotopic (exact) mass is 446 g/mol. The minimum absolute atomic E-state index is 0.156. The molecule has 7 nitrogen and oxygen atoms in total. The van der Waals surface area contributed by atoms with Gasteiger partial charge in [-0.3, -0.25) is 14.6 Å². The Morgan fingerprint density at radius 1 is 1.27 bits per heavy atom. The van der Waals surface area contributed by atoms with Gasteiger partial charge in [0, 0.05) is 42.3 Å². The molecule has 2 aliphatic carbocycles. The summed E-state index contributed by atoms with van der Waals surface area (Å²) in [6.07, 6.45) is 8.66. The maximum atomic E-state index is 12.8. The minimum Gasteiger partial charge on any atom is -0.481 e. The maximum absolute atomic E-state index is 12.8. The highest BCUT2D eigenvalue weighted by molar-refractivity contribution is 5.74. The number of pyridine rings is 1. The molecule has 5 atom stereocenters. The molecule has 0 N–H and O–H groups in total. The van der Waals surface area contributed by atoms with E-state index in [1.54, 1.807) is 12.4 Å². The normalized spacial score (nSPS) is 30.8. The molecule has 33 heavy (non-hydrogen) atoms. The number of hydrogen-bond donors (Lipinski definition) is 0. The number of ether oxygens (including phenoxy) is 3. The molecule has 0 saturated carbocycles. The molecule has 0 amide bonds. The highest BCUT2D eigenvalue weighted by atomic mass is 16.6. The van der Waals surface area contributed by atoms with E-state index in [1.807, 2.05) is 24.3 Å². The first-order chi connectivity index (χ1) is 16.0. The lowest BCUT2D eigenvalue weighted by Gasteiger charge is -2.56. The largest absolute Gasteiger partial charge is 0.481 e. The Morgan fingerprint density at radius 2 is 2.15 bits per heavy atom. The predicted octanol–water partition coefficient (Wildman–Crippen LogP) is 2.61. The summed E-state index contributed by atoms with van der Waals surface area (Å²) in [5.74, 6) is 0.635. The predicted molar refractivity (Wildman–Crippen MR) is 119 cm³/mol. The zero-order valence-corrected chi connectivity index (χ0v) is 18.7. The van der Waals surface area contributed by atoms with E-state index in [-0.39, 0.29) is 35.8 Å². The second kappa shape index (κ2) is 7.42. The zero-order valence-electron chi connectivity index (χ0n) is 18.7. The number of likely N-dealkylation sites (N-methyl/N-ethyl adjacent to an activating group) is 1. The van der Waals surface area contributed by atoms with Gasteiger partial charge < -0.3 is 19.1 Å². The molecule has 0 unspecified atom stereocenters. The summed E-state index contributed by atoms with van der Waals surface area (Å²) < 4.78 is 18.1. The molecular weight excluding hydrogens is 420 g/mol. The van der Waals surface area contributed by atoms with Crippen LogP contribution in [0, 0.1) is 5.92 Å². The van der Waals surface area contributed by atoms with Gasteiger partial charge in [0.05, 0.1) is 6.42 Å². The van der Waals surface area contributed by atoms with Crippen molar-refractivity contribution in [1.82, 2.24) is 9.88 Å². The Kier molecular flexibility index (Phi) is 4.59. The lowest BCUT2D eigenvalue weighted by Crippen LogP contribution is -2.65. The van der Waals surface area contributed by atoms with Gasteiger partial charge in [0.25, 0.3) is 0 Å². The quantitative estimate of drug-likeness (QED) is 0.406. The van der Waals surface area contributed by atoms with Gasteiger partial charge in [-0.1, -0.05) is 18.2 Å². The van der Waals surface area contributed by atoms with Crippen molar-refractivity contribution in [2.24, 2.45) is 5.92 Å². The molecule has 2 aliphatic heterocycles. The van der Waals surface area contributed by atoms with E-state index in [1.165, 1.54) is 12.5 Å². The lowest BCUT2D eigenvalue weighted by atomic mass is 9.53. The van der Waals surface area contributed by atoms with Crippen molar-refractivity contribution in [2.75, 3.05) is 13.6 Å². The number of esters is 2. The molecule has 4 aliphatic rings. The van der Waals surface area contributed by atoms with Crippen LogP contribution in [0.4, 0.5) is 0 Å². The van der Waals surface area contributed by atoms with Crippen LogP contribution in [0.15, 0.2) is 48.8 Å². The van der Waals surface area contributed by atoms with Crippen LogP contribution in [0.5, 0.6) is 11.5 Å². The van der Waals surface area contributed by atoms with E-state index in [9.17, 15) is 9.59 Å². The molecule has 7 heteroatoms. The van der Waals surface area contributed by atoms with Gasteiger partial charge >= 0.3 is 11.9 Å². The molecule has 1 aromatic carbocycles. The smallest absolute Gasteiger partial charge is 0.311 e. The van der Waals surface area contributed by atoms with Gasteiger partial charge in [-0.25, -0.2) is 0 Å².